The Morgan fingerprint density at radius 1 is 1.15 bits per heavy atom. The first-order chi connectivity index (χ1) is 18.4. The van der Waals surface area contributed by atoms with Gasteiger partial charge < -0.3 is 9.47 Å². The van der Waals surface area contributed by atoms with E-state index in [1.165, 1.54) is 6.92 Å². The lowest BCUT2D eigenvalue weighted by molar-refractivity contribution is -0.193. The number of Topliss-reactive ketones (excluding diaryl/α,β-unsaturated/α-hetero) is 2. The molecule has 0 spiro atoms. The first-order valence-corrected chi connectivity index (χ1v) is 15.6. The van der Waals surface area contributed by atoms with Crippen molar-refractivity contribution in [3.8, 4) is 0 Å². The summed E-state index contributed by atoms with van der Waals surface area (Å²) in [6.07, 6.45) is 3.61. The van der Waals surface area contributed by atoms with E-state index in [-0.39, 0.29) is 65.3 Å². The molecule has 0 aliphatic heterocycles. The smallest absolute Gasteiger partial charge is 0.402 e. The monoisotopic (exact) mass is 590 g/mol. The molecule has 0 aromatic rings. The Morgan fingerprint density at radius 2 is 1.82 bits per heavy atom. The summed E-state index contributed by atoms with van der Waals surface area (Å²) < 4.78 is 67.4. The summed E-state index contributed by atoms with van der Waals surface area (Å²) in [4.78, 5) is 50.3. The number of ketones is 2. The van der Waals surface area contributed by atoms with Gasteiger partial charge in [0.2, 0.25) is 0 Å². The van der Waals surface area contributed by atoms with E-state index in [4.69, 9.17) is 9.29 Å². The number of rotatable bonds is 8. The second-order valence-electron chi connectivity index (χ2n) is 13.0. The van der Waals surface area contributed by atoms with Crippen LogP contribution in [0.5, 0.6) is 0 Å². The van der Waals surface area contributed by atoms with Crippen molar-refractivity contribution in [3.05, 3.63) is 0 Å². The molecule has 0 amide bonds. The van der Waals surface area contributed by atoms with Crippen LogP contribution < -0.4 is 0 Å². The highest BCUT2D eigenvalue weighted by molar-refractivity contribution is 7.86. The van der Waals surface area contributed by atoms with Gasteiger partial charge >= 0.3 is 27.3 Å². The van der Waals surface area contributed by atoms with Crippen molar-refractivity contribution in [2.24, 2.45) is 46.3 Å². The number of halogens is 2. The molecule has 226 valence electrons. The molecule has 9 atom stereocenters. The van der Waals surface area contributed by atoms with Gasteiger partial charge in [0, 0.05) is 43.9 Å². The van der Waals surface area contributed by atoms with Gasteiger partial charge in [-0.2, -0.15) is 17.2 Å². The molecule has 1 N–H and O–H groups in total. The van der Waals surface area contributed by atoms with Crippen molar-refractivity contribution >= 4 is 33.6 Å². The zero-order chi connectivity index (χ0) is 29.8. The van der Waals surface area contributed by atoms with Gasteiger partial charge in [0.25, 0.3) is 0 Å². The van der Waals surface area contributed by atoms with Crippen molar-refractivity contribution < 1.29 is 50.4 Å². The average molecular weight is 591 g/mol. The minimum atomic E-state index is -5.71. The Bertz CT molecular complexity index is 1170. The fourth-order valence-electron chi connectivity index (χ4n) is 8.87. The molecule has 12 heteroatoms. The lowest BCUT2D eigenvalue weighted by Gasteiger charge is -2.61. The standard InChI is InChI=1S/C28H40F2O9S/c1-15(5-8-24(34)38-14-28(29,30)40(35,36)37)19-6-7-20-25-21(13-23(27(19,20)4)39-16(2)31)26(3)10-9-18(32)11-17(26)12-22(25)33/h15,17,19-21,23,25H,5-14H2,1-4H3,(H,35,36,37). The summed E-state index contributed by atoms with van der Waals surface area (Å²) in [5.74, 6) is -1.42. The van der Waals surface area contributed by atoms with E-state index in [1.807, 2.05) is 6.92 Å². The third-order valence-corrected chi connectivity index (χ3v) is 11.9. The number of esters is 2. The van der Waals surface area contributed by atoms with Crippen LogP contribution in [0.25, 0.3) is 0 Å². The maximum atomic E-state index is 13.7. The average Bonchev–Trinajstić information content (AvgIpc) is 3.20. The fraction of sp³-hybridized carbons (Fsp3) is 0.857. The molecule has 0 radical (unpaired) electrons. The van der Waals surface area contributed by atoms with Crippen LogP contribution in [0.15, 0.2) is 0 Å². The Labute approximate surface area is 233 Å². The normalized spacial score (nSPS) is 38.6. The summed E-state index contributed by atoms with van der Waals surface area (Å²) in [6, 6.07) is 0. The van der Waals surface area contributed by atoms with Gasteiger partial charge in [-0.25, -0.2) is 0 Å². The number of fused-ring (bicyclic) bond motifs is 5. The van der Waals surface area contributed by atoms with Crippen LogP contribution >= 0.6 is 0 Å². The number of hydrogen-bond donors (Lipinski definition) is 1. The van der Waals surface area contributed by atoms with Crippen LogP contribution in [-0.4, -0.2) is 54.4 Å². The predicted molar refractivity (Wildman–Crippen MR) is 137 cm³/mol. The molecule has 4 rings (SSSR count). The van der Waals surface area contributed by atoms with Gasteiger partial charge in [0.05, 0.1) is 0 Å². The van der Waals surface area contributed by atoms with Crippen molar-refractivity contribution in [1.29, 1.82) is 0 Å². The number of ether oxygens (including phenoxy) is 2. The molecule has 4 aliphatic carbocycles. The van der Waals surface area contributed by atoms with Gasteiger partial charge in [-0.15, -0.1) is 0 Å². The highest BCUT2D eigenvalue weighted by Gasteiger charge is 2.67. The highest BCUT2D eigenvalue weighted by Crippen LogP contribution is 2.68. The number of carbonyl (C=O) groups is 4. The quantitative estimate of drug-likeness (QED) is 0.322. The Balaban J connectivity index is 1.52. The predicted octanol–water partition coefficient (Wildman–Crippen LogP) is 4.38. The largest absolute Gasteiger partial charge is 0.462 e. The number of alkyl halides is 2. The molecule has 0 saturated heterocycles. The van der Waals surface area contributed by atoms with Gasteiger partial charge in [0.1, 0.15) is 17.7 Å². The van der Waals surface area contributed by atoms with Gasteiger partial charge in [-0.05, 0) is 67.1 Å². The molecule has 4 aliphatic rings. The lowest BCUT2D eigenvalue weighted by Crippen LogP contribution is -2.61. The van der Waals surface area contributed by atoms with Crippen LogP contribution in [0.2, 0.25) is 0 Å². The molecular weight excluding hydrogens is 550 g/mol. The summed E-state index contributed by atoms with van der Waals surface area (Å²) >= 11 is 0. The Kier molecular flexibility index (Phi) is 8.30. The molecule has 4 saturated carbocycles. The lowest BCUT2D eigenvalue weighted by atomic mass is 9.43. The fourth-order valence-corrected chi connectivity index (χ4v) is 9.07. The molecule has 0 aromatic heterocycles. The van der Waals surface area contributed by atoms with E-state index in [0.717, 1.165) is 19.3 Å². The number of hydrogen-bond acceptors (Lipinski definition) is 8. The van der Waals surface area contributed by atoms with Gasteiger partial charge in [-0.1, -0.05) is 20.8 Å². The van der Waals surface area contributed by atoms with Crippen molar-refractivity contribution in [2.45, 2.75) is 96.8 Å². The van der Waals surface area contributed by atoms with Crippen LogP contribution in [0.4, 0.5) is 8.78 Å². The van der Waals surface area contributed by atoms with E-state index >= 15 is 0 Å². The van der Waals surface area contributed by atoms with E-state index < -0.39 is 45.4 Å². The Morgan fingerprint density at radius 3 is 2.45 bits per heavy atom. The van der Waals surface area contributed by atoms with Gasteiger partial charge in [-0.3, -0.25) is 23.7 Å². The molecule has 0 heterocycles. The van der Waals surface area contributed by atoms with Crippen LogP contribution in [0.3, 0.4) is 0 Å². The summed E-state index contributed by atoms with van der Waals surface area (Å²) in [5.41, 5.74) is -0.735. The van der Waals surface area contributed by atoms with Crippen molar-refractivity contribution in [1.82, 2.24) is 0 Å². The molecule has 9 unspecified atom stereocenters. The van der Waals surface area contributed by atoms with E-state index in [9.17, 15) is 36.4 Å². The third kappa shape index (κ3) is 5.34. The summed E-state index contributed by atoms with van der Waals surface area (Å²) in [5, 5.41) is -4.59. The summed E-state index contributed by atoms with van der Waals surface area (Å²) in [7, 11) is -5.71. The molecule has 0 bridgehead atoms. The minimum absolute atomic E-state index is 0.000156. The Hall–Kier alpha value is -1.95. The zero-order valence-corrected chi connectivity index (χ0v) is 24.3. The topological polar surface area (TPSA) is 141 Å². The molecule has 4 fully saturated rings. The number of carbonyl (C=O) groups excluding carboxylic acids is 4. The maximum absolute atomic E-state index is 13.7. The van der Waals surface area contributed by atoms with Crippen molar-refractivity contribution in [3.63, 3.8) is 0 Å². The van der Waals surface area contributed by atoms with E-state index in [1.54, 1.807) is 0 Å². The first kappa shape index (κ1) is 31.0. The third-order valence-electron chi connectivity index (χ3n) is 11.0. The van der Waals surface area contributed by atoms with Gasteiger partial charge in [0.15, 0.2) is 6.61 Å². The molecule has 0 aromatic carbocycles. The zero-order valence-electron chi connectivity index (χ0n) is 23.5. The second kappa shape index (κ2) is 10.7. The SMILES string of the molecule is CC(=O)OC1CC2C(C(=O)CC3CC(=O)CCC32C)C2CCC(C(C)CCC(=O)OCC(F)(F)S(=O)(=O)O)C12C. The van der Waals surface area contributed by atoms with E-state index in [2.05, 4.69) is 18.6 Å². The molecular formula is C28H40F2O9S. The van der Waals surface area contributed by atoms with Crippen LogP contribution in [0, 0.1) is 46.3 Å². The molecule has 9 nitrogen and oxygen atoms in total. The first-order valence-electron chi connectivity index (χ1n) is 14.1. The second-order valence-corrected chi connectivity index (χ2v) is 14.6. The highest BCUT2D eigenvalue weighted by atomic mass is 32.2. The maximum Gasteiger partial charge on any atom is 0.402 e. The summed E-state index contributed by atoms with van der Waals surface area (Å²) in [6.45, 7) is 5.78. The molecule has 40 heavy (non-hydrogen) atoms. The van der Waals surface area contributed by atoms with E-state index in [0.29, 0.717) is 25.7 Å². The van der Waals surface area contributed by atoms with Crippen LogP contribution in [0.1, 0.15) is 85.5 Å². The van der Waals surface area contributed by atoms with Crippen LogP contribution in [-0.2, 0) is 38.8 Å². The minimum Gasteiger partial charge on any atom is -0.462 e. The van der Waals surface area contributed by atoms with Crippen molar-refractivity contribution in [2.75, 3.05) is 6.61 Å².